The first-order chi connectivity index (χ1) is 6.15. The molecule has 1 unspecified atom stereocenters. The fourth-order valence-electron chi connectivity index (χ4n) is 0.905. The summed E-state index contributed by atoms with van der Waals surface area (Å²) in [7, 11) is 3.03. The number of rotatable bonds is 7. The second kappa shape index (κ2) is 7.14. The number of ketones is 1. The van der Waals surface area contributed by atoms with Gasteiger partial charge in [-0.2, -0.15) is 0 Å². The summed E-state index contributed by atoms with van der Waals surface area (Å²) in [6.45, 7) is 1.96. The summed E-state index contributed by atoms with van der Waals surface area (Å²) in [4.78, 5) is 11.3. The third-order valence-electron chi connectivity index (χ3n) is 1.66. The molecule has 78 valence electrons. The molecule has 0 spiro atoms. The van der Waals surface area contributed by atoms with Crippen LogP contribution in [-0.2, 0) is 20.2 Å². The fraction of sp³-hybridized carbons (Fsp3) is 0.857. The SMILES string of the molecule is CC[C@H](NC)C(=O)CNS(=O)OC. The van der Waals surface area contributed by atoms with Gasteiger partial charge in [-0.05, 0) is 13.5 Å². The van der Waals surface area contributed by atoms with Gasteiger partial charge in [-0.25, -0.2) is 8.93 Å². The lowest BCUT2D eigenvalue weighted by molar-refractivity contribution is -0.119. The number of Topliss-reactive ketones (excluding diaryl/α,β-unsaturated/α-hetero) is 1. The summed E-state index contributed by atoms with van der Waals surface area (Å²) < 4.78 is 17.6. The number of likely N-dealkylation sites (N-methyl/N-ethyl adjacent to an activating group) is 1. The van der Waals surface area contributed by atoms with Crippen LogP contribution in [0.25, 0.3) is 0 Å². The molecule has 0 bridgehead atoms. The Labute approximate surface area is 81.0 Å². The van der Waals surface area contributed by atoms with Gasteiger partial charge in [0, 0.05) is 0 Å². The highest BCUT2D eigenvalue weighted by Crippen LogP contribution is 1.91. The Morgan fingerprint density at radius 3 is 2.62 bits per heavy atom. The van der Waals surface area contributed by atoms with E-state index < -0.39 is 11.3 Å². The van der Waals surface area contributed by atoms with E-state index in [1.807, 2.05) is 6.92 Å². The summed E-state index contributed by atoms with van der Waals surface area (Å²) >= 11 is -1.57. The van der Waals surface area contributed by atoms with Crippen molar-refractivity contribution in [3.8, 4) is 0 Å². The normalized spacial score (nSPS) is 15.3. The predicted molar refractivity (Wildman–Crippen MR) is 51.3 cm³/mol. The van der Waals surface area contributed by atoms with Gasteiger partial charge in [-0.1, -0.05) is 6.92 Å². The van der Waals surface area contributed by atoms with Crippen LogP contribution in [0.3, 0.4) is 0 Å². The van der Waals surface area contributed by atoms with E-state index in [0.29, 0.717) is 0 Å². The van der Waals surface area contributed by atoms with Crippen LogP contribution < -0.4 is 10.0 Å². The summed E-state index contributed by atoms with van der Waals surface area (Å²) in [6, 6.07) is -0.179. The van der Waals surface area contributed by atoms with Crippen LogP contribution in [0.2, 0.25) is 0 Å². The molecule has 0 heterocycles. The lowest BCUT2D eigenvalue weighted by Gasteiger charge is -2.11. The van der Waals surface area contributed by atoms with Crippen molar-refractivity contribution in [3.05, 3.63) is 0 Å². The maximum Gasteiger partial charge on any atom is 0.234 e. The lowest BCUT2D eigenvalue weighted by atomic mass is 10.1. The average molecular weight is 208 g/mol. The molecule has 2 atom stereocenters. The maximum absolute atomic E-state index is 11.3. The summed E-state index contributed by atoms with van der Waals surface area (Å²) in [5, 5.41) is 2.86. The topological polar surface area (TPSA) is 67.4 Å². The van der Waals surface area contributed by atoms with E-state index in [1.165, 1.54) is 7.11 Å². The Balaban J connectivity index is 3.79. The van der Waals surface area contributed by atoms with Crippen molar-refractivity contribution in [2.75, 3.05) is 20.7 Å². The Bertz CT molecular complexity index is 183. The van der Waals surface area contributed by atoms with Gasteiger partial charge in [-0.3, -0.25) is 8.98 Å². The van der Waals surface area contributed by atoms with Gasteiger partial charge in [0.1, 0.15) is 0 Å². The molecule has 0 saturated carbocycles. The van der Waals surface area contributed by atoms with Gasteiger partial charge in [-0.15, -0.1) is 0 Å². The van der Waals surface area contributed by atoms with E-state index in [9.17, 15) is 9.00 Å². The number of carbonyl (C=O) groups excluding carboxylic acids is 1. The summed E-state index contributed by atoms with van der Waals surface area (Å²) in [6.07, 6.45) is 0.719. The number of hydrogen-bond acceptors (Lipinski definition) is 4. The van der Waals surface area contributed by atoms with Gasteiger partial charge >= 0.3 is 0 Å². The third-order valence-corrected chi connectivity index (χ3v) is 2.34. The zero-order valence-electron chi connectivity index (χ0n) is 8.12. The van der Waals surface area contributed by atoms with Crippen molar-refractivity contribution in [2.45, 2.75) is 19.4 Å². The monoisotopic (exact) mass is 208 g/mol. The van der Waals surface area contributed by atoms with Gasteiger partial charge in [0.2, 0.25) is 11.3 Å². The van der Waals surface area contributed by atoms with Crippen LogP contribution in [-0.4, -0.2) is 36.7 Å². The molecule has 0 fully saturated rings. The van der Waals surface area contributed by atoms with Crippen LogP contribution in [0.1, 0.15) is 13.3 Å². The second-order valence-corrected chi connectivity index (χ2v) is 3.53. The maximum atomic E-state index is 11.3. The molecule has 0 aliphatic rings. The molecule has 13 heavy (non-hydrogen) atoms. The van der Waals surface area contributed by atoms with Crippen LogP contribution in [0.4, 0.5) is 0 Å². The average Bonchev–Trinajstić information content (AvgIpc) is 2.16. The molecular formula is C7H16N2O3S. The lowest BCUT2D eigenvalue weighted by Crippen LogP contribution is -2.39. The fourth-order valence-corrected chi connectivity index (χ4v) is 1.28. The number of nitrogens with one attached hydrogen (secondary N) is 2. The number of hydrogen-bond donors (Lipinski definition) is 2. The summed E-state index contributed by atoms with van der Waals surface area (Å²) in [5.74, 6) is -0.0181. The van der Waals surface area contributed by atoms with Crippen molar-refractivity contribution < 1.29 is 13.2 Å². The Hall–Kier alpha value is -0.300. The molecule has 0 rings (SSSR count). The molecule has 0 radical (unpaired) electrons. The first-order valence-electron chi connectivity index (χ1n) is 4.05. The molecule has 0 amide bonds. The molecule has 0 aromatic rings. The largest absolute Gasteiger partial charge is 0.311 e. The highest BCUT2D eigenvalue weighted by atomic mass is 32.2. The van der Waals surface area contributed by atoms with Crippen molar-refractivity contribution in [2.24, 2.45) is 0 Å². The van der Waals surface area contributed by atoms with Gasteiger partial charge in [0.05, 0.1) is 19.7 Å². The minimum absolute atomic E-state index is 0.0181. The van der Waals surface area contributed by atoms with Crippen molar-refractivity contribution in [1.82, 2.24) is 10.0 Å². The molecule has 0 aromatic carbocycles. The van der Waals surface area contributed by atoms with Gasteiger partial charge in [0.15, 0.2) is 5.78 Å². The molecule has 0 saturated heterocycles. The zero-order valence-corrected chi connectivity index (χ0v) is 8.94. The van der Waals surface area contributed by atoms with Gasteiger partial charge in [0.25, 0.3) is 0 Å². The van der Waals surface area contributed by atoms with E-state index >= 15 is 0 Å². The molecular weight excluding hydrogens is 192 g/mol. The van der Waals surface area contributed by atoms with E-state index in [0.717, 1.165) is 6.42 Å². The van der Waals surface area contributed by atoms with E-state index in [1.54, 1.807) is 7.05 Å². The molecule has 2 N–H and O–H groups in total. The van der Waals surface area contributed by atoms with Crippen LogP contribution >= 0.6 is 0 Å². The molecule has 0 aromatic heterocycles. The van der Waals surface area contributed by atoms with Crippen molar-refractivity contribution in [3.63, 3.8) is 0 Å². The molecule has 6 heteroatoms. The Morgan fingerprint density at radius 1 is 1.62 bits per heavy atom. The van der Waals surface area contributed by atoms with E-state index in [4.69, 9.17) is 0 Å². The first-order valence-corrected chi connectivity index (χ1v) is 5.12. The minimum atomic E-state index is -1.57. The Kier molecular flexibility index (Phi) is 6.97. The molecule has 0 aliphatic carbocycles. The predicted octanol–water partition coefficient (Wildman–Crippen LogP) is -0.632. The Morgan fingerprint density at radius 2 is 2.23 bits per heavy atom. The third kappa shape index (κ3) is 5.09. The van der Waals surface area contributed by atoms with Crippen molar-refractivity contribution in [1.29, 1.82) is 0 Å². The standard InChI is InChI=1S/C7H16N2O3S/c1-4-6(8-2)7(10)5-9-13(11)12-3/h6,8-9H,4-5H2,1-3H3/t6-,13?/m0/s1. The van der Waals surface area contributed by atoms with Crippen LogP contribution in [0.5, 0.6) is 0 Å². The highest BCUT2D eigenvalue weighted by molar-refractivity contribution is 7.78. The van der Waals surface area contributed by atoms with Crippen LogP contribution in [0, 0.1) is 0 Å². The highest BCUT2D eigenvalue weighted by Gasteiger charge is 2.13. The summed E-state index contributed by atoms with van der Waals surface area (Å²) in [5.41, 5.74) is 0. The molecule has 5 nitrogen and oxygen atoms in total. The first kappa shape index (κ1) is 12.7. The van der Waals surface area contributed by atoms with Gasteiger partial charge < -0.3 is 5.32 Å². The molecule has 0 aliphatic heterocycles. The zero-order chi connectivity index (χ0) is 10.3. The van der Waals surface area contributed by atoms with E-state index in [2.05, 4.69) is 14.2 Å². The van der Waals surface area contributed by atoms with E-state index in [-0.39, 0.29) is 18.4 Å². The van der Waals surface area contributed by atoms with Crippen molar-refractivity contribution >= 4 is 17.0 Å². The second-order valence-electron chi connectivity index (χ2n) is 2.44. The number of carbonyl (C=O) groups is 1. The quantitative estimate of drug-likeness (QED) is 0.584. The van der Waals surface area contributed by atoms with Crippen LogP contribution in [0.15, 0.2) is 0 Å². The minimum Gasteiger partial charge on any atom is -0.311 e. The smallest absolute Gasteiger partial charge is 0.234 e.